The van der Waals surface area contributed by atoms with Crippen LogP contribution in [0, 0.1) is 11.7 Å². The Morgan fingerprint density at radius 1 is 1.35 bits per heavy atom. The van der Waals surface area contributed by atoms with Gasteiger partial charge in [0.1, 0.15) is 5.82 Å². The van der Waals surface area contributed by atoms with Crippen LogP contribution in [0.5, 0.6) is 0 Å². The SMILES string of the molecule is CCN(CC(=O)NC(C)C(C)C)Cc1cccc(F)c1. The Morgan fingerprint density at radius 3 is 2.60 bits per heavy atom. The summed E-state index contributed by atoms with van der Waals surface area (Å²) < 4.78 is 13.1. The fourth-order valence-corrected chi connectivity index (χ4v) is 1.84. The zero-order valence-corrected chi connectivity index (χ0v) is 12.8. The zero-order valence-electron chi connectivity index (χ0n) is 12.8. The van der Waals surface area contributed by atoms with Gasteiger partial charge >= 0.3 is 0 Å². The van der Waals surface area contributed by atoms with Gasteiger partial charge in [-0.15, -0.1) is 0 Å². The molecule has 0 saturated heterocycles. The van der Waals surface area contributed by atoms with Crippen molar-refractivity contribution in [1.29, 1.82) is 0 Å². The molecule has 112 valence electrons. The molecule has 0 saturated carbocycles. The van der Waals surface area contributed by atoms with Crippen molar-refractivity contribution >= 4 is 5.91 Å². The summed E-state index contributed by atoms with van der Waals surface area (Å²) in [7, 11) is 0. The molecule has 0 aromatic heterocycles. The van der Waals surface area contributed by atoms with Gasteiger partial charge in [0.2, 0.25) is 5.91 Å². The van der Waals surface area contributed by atoms with E-state index < -0.39 is 0 Å². The number of benzene rings is 1. The van der Waals surface area contributed by atoms with Crippen molar-refractivity contribution in [1.82, 2.24) is 10.2 Å². The minimum Gasteiger partial charge on any atom is -0.352 e. The van der Waals surface area contributed by atoms with Crippen molar-refractivity contribution in [3.05, 3.63) is 35.6 Å². The van der Waals surface area contributed by atoms with Crippen molar-refractivity contribution in [2.75, 3.05) is 13.1 Å². The Kier molecular flexibility index (Phi) is 6.65. The van der Waals surface area contributed by atoms with Crippen LogP contribution in [-0.2, 0) is 11.3 Å². The summed E-state index contributed by atoms with van der Waals surface area (Å²) in [6.07, 6.45) is 0. The molecule has 3 nitrogen and oxygen atoms in total. The van der Waals surface area contributed by atoms with E-state index >= 15 is 0 Å². The molecule has 20 heavy (non-hydrogen) atoms. The van der Waals surface area contributed by atoms with Crippen molar-refractivity contribution in [3.8, 4) is 0 Å². The Morgan fingerprint density at radius 2 is 2.05 bits per heavy atom. The summed E-state index contributed by atoms with van der Waals surface area (Å²) in [5.41, 5.74) is 0.886. The topological polar surface area (TPSA) is 32.3 Å². The summed E-state index contributed by atoms with van der Waals surface area (Å²) >= 11 is 0. The van der Waals surface area contributed by atoms with Gasteiger partial charge in [0.15, 0.2) is 0 Å². The van der Waals surface area contributed by atoms with E-state index in [9.17, 15) is 9.18 Å². The van der Waals surface area contributed by atoms with Crippen LogP contribution in [0.25, 0.3) is 0 Å². The summed E-state index contributed by atoms with van der Waals surface area (Å²) in [6, 6.07) is 6.67. The van der Waals surface area contributed by atoms with E-state index in [1.165, 1.54) is 12.1 Å². The minimum absolute atomic E-state index is 0.0180. The number of carbonyl (C=O) groups is 1. The Bertz CT molecular complexity index is 434. The molecule has 0 radical (unpaired) electrons. The maximum Gasteiger partial charge on any atom is 0.234 e. The second kappa shape index (κ2) is 8.00. The van der Waals surface area contributed by atoms with Gasteiger partial charge < -0.3 is 5.32 Å². The average molecular weight is 280 g/mol. The Hall–Kier alpha value is -1.42. The molecule has 0 aliphatic rings. The molecule has 4 heteroatoms. The van der Waals surface area contributed by atoms with Crippen LogP contribution in [0.1, 0.15) is 33.3 Å². The fraction of sp³-hybridized carbons (Fsp3) is 0.562. The third-order valence-electron chi connectivity index (χ3n) is 3.50. The van der Waals surface area contributed by atoms with Gasteiger partial charge in [0.05, 0.1) is 6.54 Å². The van der Waals surface area contributed by atoms with Crippen molar-refractivity contribution in [3.63, 3.8) is 0 Å². The van der Waals surface area contributed by atoms with Gasteiger partial charge in [-0.25, -0.2) is 4.39 Å². The predicted octanol–water partition coefficient (Wildman–Crippen LogP) is 2.81. The lowest BCUT2D eigenvalue weighted by Crippen LogP contribution is -2.42. The summed E-state index contributed by atoms with van der Waals surface area (Å²) in [5, 5.41) is 2.99. The van der Waals surface area contributed by atoms with E-state index in [-0.39, 0.29) is 17.8 Å². The van der Waals surface area contributed by atoms with Crippen LogP contribution < -0.4 is 5.32 Å². The average Bonchev–Trinajstić information content (AvgIpc) is 2.37. The largest absolute Gasteiger partial charge is 0.352 e. The van der Waals surface area contributed by atoms with Gasteiger partial charge in [-0.2, -0.15) is 0 Å². The molecule has 0 aliphatic carbocycles. The minimum atomic E-state index is -0.239. The Labute approximate surface area is 121 Å². The fourth-order valence-electron chi connectivity index (χ4n) is 1.84. The molecule has 0 heterocycles. The van der Waals surface area contributed by atoms with Gasteiger partial charge in [-0.05, 0) is 37.1 Å². The number of nitrogens with one attached hydrogen (secondary N) is 1. The van der Waals surface area contributed by atoms with Crippen LogP contribution in [0.15, 0.2) is 24.3 Å². The maximum atomic E-state index is 13.1. The smallest absolute Gasteiger partial charge is 0.234 e. The number of nitrogens with zero attached hydrogens (tertiary/aromatic N) is 1. The molecule has 1 N–H and O–H groups in total. The van der Waals surface area contributed by atoms with Gasteiger partial charge in [-0.1, -0.05) is 32.9 Å². The highest BCUT2D eigenvalue weighted by Gasteiger charge is 2.14. The number of amides is 1. The number of likely N-dealkylation sites (N-methyl/N-ethyl adjacent to an activating group) is 1. The molecule has 1 rings (SSSR count). The highest BCUT2D eigenvalue weighted by molar-refractivity contribution is 5.78. The van der Waals surface area contributed by atoms with Crippen molar-refractivity contribution in [2.45, 2.75) is 40.3 Å². The normalized spacial score (nSPS) is 12.8. The van der Waals surface area contributed by atoms with E-state index in [0.29, 0.717) is 19.0 Å². The molecule has 0 spiro atoms. The molecule has 0 fully saturated rings. The molecular formula is C16H25FN2O. The first kappa shape index (κ1) is 16.6. The molecule has 1 atom stereocenters. The van der Waals surface area contributed by atoms with E-state index in [1.54, 1.807) is 6.07 Å². The molecule has 1 aromatic carbocycles. The first-order valence-corrected chi connectivity index (χ1v) is 7.18. The predicted molar refractivity (Wildman–Crippen MR) is 79.8 cm³/mol. The maximum absolute atomic E-state index is 13.1. The van der Waals surface area contributed by atoms with Gasteiger partial charge in [0, 0.05) is 12.6 Å². The van der Waals surface area contributed by atoms with Crippen molar-refractivity contribution < 1.29 is 9.18 Å². The molecule has 0 bridgehead atoms. The van der Waals surface area contributed by atoms with Crippen molar-refractivity contribution in [2.24, 2.45) is 5.92 Å². The summed E-state index contributed by atoms with van der Waals surface area (Å²) in [6.45, 7) is 9.83. The molecule has 1 amide bonds. The van der Waals surface area contributed by atoms with Gasteiger partial charge in [-0.3, -0.25) is 9.69 Å². The highest BCUT2D eigenvalue weighted by Crippen LogP contribution is 2.07. The molecular weight excluding hydrogens is 255 g/mol. The third kappa shape index (κ3) is 5.70. The van der Waals surface area contributed by atoms with Crippen LogP contribution >= 0.6 is 0 Å². The summed E-state index contributed by atoms with van der Waals surface area (Å²) in [4.78, 5) is 14.0. The van der Waals surface area contributed by atoms with Gasteiger partial charge in [0.25, 0.3) is 0 Å². The first-order valence-electron chi connectivity index (χ1n) is 7.18. The van der Waals surface area contributed by atoms with E-state index in [4.69, 9.17) is 0 Å². The van der Waals surface area contributed by atoms with E-state index in [2.05, 4.69) is 19.2 Å². The lowest BCUT2D eigenvalue weighted by atomic mass is 10.1. The lowest BCUT2D eigenvalue weighted by molar-refractivity contribution is -0.123. The number of hydrogen-bond donors (Lipinski definition) is 1. The number of halogens is 1. The summed E-state index contributed by atoms with van der Waals surface area (Å²) in [5.74, 6) is 0.193. The molecule has 1 unspecified atom stereocenters. The zero-order chi connectivity index (χ0) is 15.1. The monoisotopic (exact) mass is 280 g/mol. The van der Waals surface area contributed by atoms with Crippen LogP contribution in [0.2, 0.25) is 0 Å². The number of rotatable bonds is 7. The number of carbonyl (C=O) groups excluding carboxylic acids is 1. The van der Waals surface area contributed by atoms with E-state index in [0.717, 1.165) is 12.1 Å². The number of hydrogen-bond acceptors (Lipinski definition) is 2. The Balaban J connectivity index is 2.53. The molecule has 1 aromatic rings. The standard InChI is InChI=1S/C16H25FN2O/c1-5-19(10-14-7-6-8-15(17)9-14)11-16(20)18-13(4)12(2)3/h6-9,12-13H,5,10-11H2,1-4H3,(H,18,20). The highest BCUT2D eigenvalue weighted by atomic mass is 19.1. The third-order valence-corrected chi connectivity index (χ3v) is 3.50. The van der Waals surface area contributed by atoms with Crippen LogP contribution in [-0.4, -0.2) is 29.9 Å². The molecule has 0 aliphatic heterocycles. The van der Waals surface area contributed by atoms with Crippen LogP contribution in [0.4, 0.5) is 4.39 Å². The quantitative estimate of drug-likeness (QED) is 0.833. The van der Waals surface area contributed by atoms with Crippen LogP contribution in [0.3, 0.4) is 0 Å². The first-order chi connectivity index (χ1) is 9.42. The lowest BCUT2D eigenvalue weighted by Gasteiger charge is -2.23. The second-order valence-corrected chi connectivity index (χ2v) is 5.53. The second-order valence-electron chi connectivity index (χ2n) is 5.53. The van der Waals surface area contributed by atoms with E-state index in [1.807, 2.05) is 24.8 Å².